The van der Waals surface area contributed by atoms with Gasteiger partial charge in [-0.2, -0.15) is 0 Å². The van der Waals surface area contributed by atoms with Gasteiger partial charge in [0, 0.05) is 19.0 Å². The van der Waals surface area contributed by atoms with Crippen LogP contribution in [0.25, 0.3) is 0 Å². The van der Waals surface area contributed by atoms with Gasteiger partial charge in [-0.15, -0.1) is 0 Å². The molecule has 3 heteroatoms. The van der Waals surface area contributed by atoms with E-state index in [4.69, 9.17) is 5.73 Å². The number of nitrogens with two attached hydrogens (primary N) is 1. The van der Waals surface area contributed by atoms with Crippen molar-refractivity contribution in [3.63, 3.8) is 0 Å². The van der Waals surface area contributed by atoms with Gasteiger partial charge in [-0.05, 0) is 32.2 Å². The zero-order valence-electron chi connectivity index (χ0n) is 17.5. The van der Waals surface area contributed by atoms with Crippen molar-refractivity contribution in [1.82, 2.24) is 4.90 Å². The van der Waals surface area contributed by atoms with Crippen molar-refractivity contribution >= 4 is 5.91 Å². The normalized spacial score (nSPS) is 12.3. The minimum Gasteiger partial charge on any atom is -0.342 e. The Morgan fingerprint density at radius 1 is 0.720 bits per heavy atom. The third-order valence-corrected chi connectivity index (χ3v) is 5.15. The SMILES string of the molecule is CCCCCCCCCCC(CCN)C(=O)N(CCCC)CCCC. The van der Waals surface area contributed by atoms with E-state index in [9.17, 15) is 4.79 Å². The predicted octanol–water partition coefficient (Wildman–Crippen LogP) is 5.91. The molecular weight excluding hydrogens is 308 g/mol. The second kappa shape index (κ2) is 18.2. The molecule has 0 fully saturated rings. The standard InChI is InChI=1S/C22H46N2O/c1-4-7-10-11-12-13-14-15-16-21(17-18-23)22(25)24(19-8-5-2)20-9-6-3/h21H,4-20,23H2,1-3H3. The van der Waals surface area contributed by atoms with Crippen molar-refractivity contribution in [3.8, 4) is 0 Å². The van der Waals surface area contributed by atoms with Crippen LogP contribution in [0.4, 0.5) is 0 Å². The van der Waals surface area contributed by atoms with Crippen LogP contribution in [0.15, 0.2) is 0 Å². The molecule has 0 saturated carbocycles. The molecule has 2 N–H and O–H groups in total. The van der Waals surface area contributed by atoms with Crippen LogP contribution in [0, 0.1) is 5.92 Å². The van der Waals surface area contributed by atoms with Crippen LogP contribution in [0.3, 0.4) is 0 Å². The van der Waals surface area contributed by atoms with Crippen LogP contribution in [-0.4, -0.2) is 30.4 Å². The summed E-state index contributed by atoms with van der Waals surface area (Å²) in [6, 6.07) is 0. The van der Waals surface area contributed by atoms with Crippen LogP contribution in [0.2, 0.25) is 0 Å². The number of amides is 1. The molecule has 3 nitrogen and oxygen atoms in total. The predicted molar refractivity (Wildman–Crippen MR) is 111 cm³/mol. The molecule has 0 aromatic carbocycles. The van der Waals surface area contributed by atoms with Crippen LogP contribution in [-0.2, 0) is 4.79 Å². The maximum Gasteiger partial charge on any atom is 0.225 e. The fourth-order valence-electron chi connectivity index (χ4n) is 3.41. The second-order valence-electron chi connectivity index (χ2n) is 7.57. The minimum absolute atomic E-state index is 0.152. The molecule has 0 bridgehead atoms. The van der Waals surface area contributed by atoms with E-state index in [-0.39, 0.29) is 5.92 Å². The van der Waals surface area contributed by atoms with Gasteiger partial charge in [0.15, 0.2) is 0 Å². The number of hydrogen-bond acceptors (Lipinski definition) is 2. The molecule has 0 aliphatic carbocycles. The van der Waals surface area contributed by atoms with E-state index < -0.39 is 0 Å². The number of nitrogens with zero attached hydrogens (tertiary/aromatic N) is 1. The quantitative estimate of drug-likeness (QED) is 0.311. The lowest BCUT2D eigenvalue weighted by Gasteiger charge is -2.27. The van der Waals surface area contributed by atoms with E-state index in [1.54, 1.807) is 0 Å². The summed E-state index contributed by atoms with van der Waals surface area (Å²) in [5.74, 6) is 0.522. The van der Waals surface area contributed by atoms with Crippen molar-refractivity contribution in [2.45, 2.75) is 111 Å². The molecule has 0 aliphatic heterocycles. The van der Waals surface area contributed by atoms with Crippen molar-refractivity contribution in [3.05, 3.63) is 0 Å². The van der Waals surface area contributed by atoms with Crippen molar-refractivity contribution in [1.29, 1.82) is 0 Å². The minimum atomic E-state index is 0.152. The van der Waals surface area contributed by atoms with Gasteiger partial charge in [-0.1, -0.05) is 85.0 Å². The summed E-state index contributed by atoms with van der Waals surface area (Å²) < 4.78 is 0. The van der Waals surface area contributed by atoms with E-state index in [0.717, 1.165) is 51.6 Å². The van der Waals surface area contributed by atoms with E-state index in [1.165, 1.54) is 51.4 Å². The Morgan fingerprint density at radius 2 is 1.20 bits per heavy atom. The summed E-state index contributed by atoms with van der Waals surface area (Å²) in [4.78, 5) is 15.1. The zero-order valence-corrected chi connectivity index (χ0v) is 17.5. The fourth-order valence-corrected chi connectivity index (χ4v) is 3.41. The highest BCUT2D eigenvalue weighted by molar-refractivity contribution is 5.78. The maximum absolute atomic E-state index is 13.0. The van der Waals surface area contributed by atoms with E-state index in [0.29, 0.717) is 12.5 Å². The Morgan fingerprint density at radius 3 is 1.68 bits per heavy atom. The lowest BCUT2D eigenvalue weighted by atomic mass is 9.95. The summed E-state index contributed by atoms with van der Waals surface area (Å²) in [7, 11) is 0. The van der Waals surface area contributed by atoms with Crippen molar-refractivity contribution in [2.24, 2.45) is 11.7 Å². The molecule has 1 unspecified atom stereocenters. The second-order valence-corrected chi connectivity index (χ2v) is 7.57. The third-order valence-electron chi connectivity index (χ3n) is 5.15. The van der Waals surface area contributed by atoms with Gasteiger partial charge < -0.3 is 10.6 Å². The summed E-state index contributed by atoms with van der Waals surface area (Å²) >= 11 is 0. The highest BCUT2D eigenvalue weighted by atomic mass is 16.2. The van der Waals surface area contributed by atoms with Crippen molar-refractivity contribution < 1.29 is 4.79 Å². The summed E-state index contributed by atoms with van der Waals surface area (Å²) in [6.45, 7) is 9.13. The van der Waals surface area contributed by atoms with Gasteiger partial charge >= 0.3 is 0 Å². The van der Waals surface area contributed by atoms with Crippen LogP contribution in [0.5, 0.6) is 0 Å². The van der Waals surface area contributed by atoms with Gasteiger partial charge in [0.25, 0.3) is 0 Å². The fraction of sp³-hybridized carbons (Fsp3) is 0.955. The molecule has 0 aromatic heterocycles. The lowest BCUT2D eigenvalue weighted by molar-refractivity contribution is -0.136. The van der Waals surface area contributed by atoms with Gasteiger partial charge in [0.1, 0.15) is 0 Å². The number of carbonyl (C=O) groups is 1. The highest BCUT2D eigenvalue weighted by Crippen LogP contribution is 2.19. The van der Waals surface area contributed by atoms with Gasteiger partial charge in [-0.25, -0.2) is 0 Å². The van der Waals surface area contributed by atoms with E-state index >= 15 is 0 Å². The molecule has 0 rings (SSSR count). The lowest BCUT2D eigenvalue weighted by Crippen LogP contribution is -2.38. The first-order valence-electron chi connectivity index (χ1n) is 11.2. The van der Waals surface area contributed by atoms with Gasteiger partial charge in [-0.3, -0.25) is 4.79 Å². The van der Waals surface area contributed by atoms with Crippen LogP contribution >= 0.6 is 0 Å². The van der Waals surface area contributed by atoms with E-state index in [1.807, 2.05) is 0 Å². The van der Waals surface area contributed by atoms with Crippen LogP contribution < -0.4 is 5.73 Å². The Balaban J connectivity index is 4.21. The van der Waals surface area contributed by atoms with Gasteiger partial charge in [0.2, 0.25) is 5.91 Å². The van der Waals surface area contributed by atoms with Gasteiger partial charge in [0.05, 0.1) is 0 Å². The maximum atomic E-state index is 13.0. The first kappa shape index (κ1) is 24.4. The summed E-state index contributed by atoms with van der Waals surface area (Å²) in [5, 5.41) is 0. The molecule has 1 atom stereocenters. The molecule has 1 amide bonds. The highest BCUT2D eigenvalue weighted by Gasteiger charge is 2.22. The summed E-state index contributed by atoms with van der Waals surface area (Å²) in [5.41, 5.74) is 5.80. The topological polar surface area (TPSA) is 46.3 Å². The molecular formula is C22H46N2O. The first-order valence-corrected chi connectivity index (χ1v) is 11.2. The number of unbranched alkanes of at least 4 members (excludes halogenated alkanes) is 9. The molecule has 0 spiro atoms. The molecule has 0 heterocycles. The average Bonchev–Trinajstić information content (AvgIpc) is 2.62. The monoisotopic (exact) mass is 354 g/mol. The molecule has 0 aliphatic rings. The van der Waals surface area contributed by atoms with E-state index in [2.05, 4.69) is 25.7 Å². The van der Waals surface area contributed by atoms with Crippen molar-refractivity contribution in [2.75, 3.05) is 19.6 Å². The molecule has 150 valence electrons. The molecule has 0 radical (unpaired) electrons. The number of carbonyl (C=O) groups excluding carboxylic acids is 1. The number of rotatable bonds is 18. The smallest absolute Gasteiger partial charge is 0.225 e. The Labute approximate surface area is 158 Å². The zero-order chi connectivity index (χ0) is 18.8. The first-order chi connectivity index (χ1) is 12.2. The Bertz CT molecular complexity index is 286. The third kappa shape index (κ3) is 13.3. The Hall–Kier alpha value is -0.570. The number of hydrogen-bond donors (Lipinski definition) is 1. The molecule has 0 aromatic rings. The average molecular weight is 355 g/mol. The Kier molecular flexibility index (Phi) is 17.8. The molecule has 25 heavy (non-hydrogen) atoms. The summed E-state index contributed by atoms with van der Waals surface area (Å²) in [6.07, 6.45) is 17.0. The van der Waals surface area contributed by atoms with Crippen LogP contribution in [0.1, 0.15) is 111 Å². The largest absolute Gasteiger partial charge is 0.342 e. The molecule has 0 saturated heterocycles.